The Morgan fingerprint density at radius 1 is 1.38 bits per heavy atom. The highest BCUT2D eigenvalue weighted by Gasteiger charge is 2.11. The molecule has 0 saturated heterocycles. The van der Waals surface area contributed by atoms with E-state index in [1.165, 1.54) is 0 Å². The maximum Gasteiger partial charge on any atom is 0.320 e. The summed E-state index contributed by atoms with van der Waals surface area (Å²) in [6.07, 6.45) is 0.803. The van der Waals surface area contributed by atoms with Crippen LogP contribution < -0.4 is 5.73 Å². The maximum absolute atomic E-state index is 10.2. The Hall–Kier alpha value is -0.660. The van der Waals surface area contributed by atoms with Crippen LogP contribution in [-0.4, -0.2) is 35.8 Å². The molecule has 1 unspecified atom stereocenters. The molecule has 4 N–H and O–H groups in total. The van der Waals surface area contributed by atoms with Gasteiger partial charge in [-0.15, -0.1) is 0 Å². The SMILES string of the molecule is NC(CCCCS(=O)(=O)O)C(=O)O. The monoisotopic (exact) mass is 211 g/mol. The van der Waals surface area contributed by atoms with Gasteiger partial charge < -0.3 is 10.8 Å². The molecular formula is C6H13NO5S. The van der Waals surface area contributed by atoms with Crippen molar-refractivity contribution in [2.24, 2.45) is 5.73 Å². The molecule has 7 heteroatoms. The third-order valence-corrected chi connectivity index (χ3v) is 2.29. The lowest BCUT2D eigenvalue weighted by Gasteiger charge is -2.04. The van der Waals surface area contributed by atoms with Gasteiger partial charge in [-0.1, -0.05) is 6.42 Å². The molecular weight excluding hydrogens is 198 g/mol. The van der Waals surface area contributed by atoms with Gasteiger partial charge in [0.1, 0.15) is 6.04 Å². The topological polar surface area (TPSA) is 118 Å². The largest absolute Gasteiger partial charge is 0.480 e. The first-order valence-electron chi connectivity index (χ1n) is 3.76. The maximum atomic E-state index is 10.2. The number of aliphatic carboxylic acids is 1. The molecule has 0 aromatic carbocycles. The van der Waals surface area contributed by atoms with Gasteiger partial charge in [-0.25, -0.2) is 0 Å². The van der Waals surface area contributed by atoms with Crippen LogP contribution in [0, 0.1) is 0 Å². The Balaban J connectivity index is 3.53. The second kappa shape index (κ2) is 5.15. The molecule has 78 valence electrons. The van der Waals surface area contributed by atoms with Crippen LogP contribution in [0.3, 0.4) is 0 Å². The zero-order valence-electron chi connectivity index (χ0n) is 7.01. The zero-order chi connectivity index (χ0) is 10.5. The van der Waals surface area contributed by atoms with Gasteiger partial charge in [0.15, 0.2) is 0 Å². The van der Waals surface area contributed by atoms with Crippen LogP contribution in [0.1, 0.15) is 19.3 Å². The molecule has 0 bridgehead atoms. The van der Waals surface area contributed by atoms with Gasteiger partial charge in [-0.3, -0.25) is 9.35 Å². The first kappa shape index (κ1) is 12.3. The van der Waals surface area contributed by atoms with Crippen molar-refractivity contribution in [2.45, 2.75) is 25.3 Å². The number of rotatable bonds is 6. The van der Waals surface area contributed by atoms with E-state index in [0.29, 0.717) is 6.42 Å². The van der Waals surface area contributed by atoms with Gasteiger partial charge in [-0.2, -0.15) is 8.42 Å². The molecule has 0 spiro atoms. The average Bonchev–Trinajstić information content (AvgIpc) is 1.95. The quantitative estimate of drug-likeness (QED) is 0.401. The van der Waals surface area contributed by atoms with Gasteiger partial charge in [0.25, 0.3) is 10.1 Å². The van der Waals surface area contributed by atoms with Crippen molar-refractivity contribution in [1.29, 1.82) is 0 Å². The molecule has 0 saturated carbocycles. The fourth-order valence-electron chi connectivity index (χ4n) is 0.772. The number of hydrogen-bond donors (Lipinski definition) is 3. The number of carboxylic acid groups (broad SMARTS) is 1. The molecule has 0 aliphatic rings. The minimum Gasteiger partial charge on any atom is -0.480 e. The summed E-state index contributed by atoms with van der Waals surface area (Å²) >= 11 is 0. The van der Waals surface area contributed by atoms with Crippen LogP contribution in [-0.2, 0) is 14.9 Å². The molecule has 0 aromatic heterocycles. The predicted octanol–water partition coefficient (Wildman–Crippen LogP) is -0.544. The summed E-state index contributed by atoms with van der Waals surface area (Å²) in [4.78, 5) is 10.2. The molecule has 0 fully saturated rings. The molecule has 0 amide bonds. The van der Waals surface area contributed by atoms with Crippen molar-refractivity contribution in [3.63, 3.8) is 0 Å². The molecule has 6 nitrogen and oxygen atoms in total. The van der Waals surface area contributed by atoms with E-state index >= 15 is 0 Å². The highest BCUT2D eigenvalue weighted by molar-refractivity contribution is 7.85. The van der Waals surface area contributed by atoms with Crippen molar-refractivity contribution in [3.8, 4) is 0 Å². The van der Waals surface area contributed by atoms with Crippen LogP contribution >= 0.6 is 0 Å². The average molecular weight is 211 g/mol. The third-order valence-electron chi connectivity index (χ3n) is 1.48. The fraction of sp³-hybridized carbons (Fsp3) is 0.833. The fourth-order valence-corrected chi connectivity index (χ4v) is 1.34. The summed E-state index contributed by atoms with van der Waals surface area (Å²) in [5.74, 6) is -1.45. The van der Waals surface area contributed by atoms with E-state index in [1.54, 1.807) is 0 Å². The van der Waals surface area contributed by atoms with Gasteiger partial charge in [0.05, 0.1) is 5.75 Å². The lowest BCUT2D eigenvalue weighted by atomic mass is 10.1. The van der Waals surface area contributed by atoms with Crippen LogP contribution in [0.2, 0.25) is 0 Å². The van der Waals surface area contributed by atoms with Crippen molar-refractivity contribution >= 4 is 16.1 Å². The first-order chi connectivity index (χ1) is 5.83. The van der Waals surface area contributed by atoms with Crippen LogP contribution in [0.5, 0.6) is 0 Å². The minimum atomic E-state index is -3.93. The van der Waals surface area contributed by atoms with E-state index < -0.39 is 22.1 Å². The van der Waals surface area contributed by atoms with E-state index in [2.05, 4.69) is 0 Å². The number of carbonyl (C=O) groups is 1. The van der Waals surface area contributed by atoms with Crippen molar-refractivity contribution in [1.82, 2.24) is 0 Å². The lowest BCUT2D eigenvalue weighted by Crippen LogP contribution is -2.29. The summed E-state index contributed by atoms with van der Waals surface area (Å²) in [6.45, 7) is 0. The third kappa shape index (κ3) is 7.69. The van der Waals surface area contributed by atoms with Crippen molar-refractivity contribution in [2.75, 3.05) is 5.75 Å². The summed E-state index contributed by atoms with van der Waals surface area (Å²) in [5, 5.41) is 8.35. The van der Waals surface area contributed by atoms with Crippen LogP contribution in [0.15, 0.2) is 0 Å². The van der Waals surface area contributed by atoms with E-state index in [1.807, 2.05) is 0 Å². The lowest BCUT2D eigenvalue weighted by molar-refractivity contribution is -0.138. The standard InChI is InChI=1S/C6H13NO5S/c7-5(6(8)9)3-1-2-4-13(10,11)12/h5H,1-4,7H2,(H,8,9)(H,10,11,12). The molecule has 0 rings (SSSR count). The Morgan fingerprint density at radius 2 is 1.92 bits per heavy atom. The Morgan fingerprint density at radius 3 is 2.31 bits per heavy atom. The van der Waals surface area contributed by atoms with E-state index in [4.69, 9.17) is 15.4 Å². The van der Waals surface area contributed by atoms with E-state index in [0.717, 1.165) is 0 Å². The normalized spacial score (nSPS) is 14.0. The summed E-state index contributed by atoms with van der Waals surface area (Å²) in [6, 6.07) is -0.957. The van der Waals surface area contributed by atoms with Crippen molar-refractivity contribution in [3.05, 3.63) is 0 Å². The molecule has 0 aromatic rings. The Labute approximate surface area is 76.5 Å². The first-order valence-corrected chi connectivity index (χ1v) is 5.37. The van der Waals surface area contributed by atoms with Crippen LogP contribution in [0.4, 0.5) is 0 Å². The molecule has 13 heavy (non-hydrogen) atoms. The Bertz CT molecular complexity index is 260. The number of hydrogen-bond acceptors (Lipinski definition) is 4. The zero-order valence-corrected chi connectivity index (χ0v) is 7.83. The predicted molar refractivity (Wildman–Crippen MR) is 45.9 cm³/mol. The van der Waals surface area contributed by atoms with Crippen LogP contribution in [0.25, 0.3) is 0 Å². The molecule has 0 radical (unpaired) electrons. The molecule has 0 heterocycles. The van der Waals surface area contributed by atoms with E-state index in [9.17, 15) is 13.2 Å². The summed E-state index contributed by atoms with van der Waals surface area (Å²) < 4.78 is 28.8. The number of unbranched alkanes of at least 4 members (excludes halogenated alkanes) is 1. The molecule has 0 aliphatic heterocycles. The van der Waals surface area contributed by atoms with Gasteiger partial charge in [0, 0.05) is 0 Å². The highest BCUT2D eigenvalue weighted by Crippen LogP contribution is 2.01. The smallest absolute Gasteiger partial charge is 0.320 e. The minimum absolute atomic E-state index is 0.213. The van der Waals surface area contributed by atoms with Gasteiger partial charge in [-0.05, 0) is 12.8 Å². The van der Waals surface area contributed by atoms with E-state index in [-0.39, 0.29) is 18.6 Å². The molecule has 1 atom stereocenters. The summed E-state index contributed by atoms with van der Waals surface area (Å²) in [7, 11) is -3.93. The second-order valence-corrected chi connectivity index (χ2v) is 4.30. The Kier molecular flexibility index (Phi) is 4.89. The number of nitrogens with two attached hydrogens (primary N) is 1. The number of carboxylic acids is 1. The van der Waals surface area contributed by atoms with Gasteiger partial charge >= 0.3 is 5.97 Å². The van der Waals surface area contributed by atoms with Crippen molar-refractivity contribution < 1.29 is 22.9 Å². The molecule has 0 aliphatic carbocycles. The highest BCUT2D eigenvalue weighted by atomic mass is 32.2. The summed E-state index contributed by atoms with van der Waals surface area (Å²) in [5.41, 5.74) is 5.15. The second-order valence-electron chi connectivity index (χ2n) is 2.73. The van der Waals surface area contributed by atoms with Gasteiger partial charge in [0.2, 0.25) is 0 Å².